The average Bonchev–Trinajstić information content (AvgIpc) is 2.24. The maximum Gasteiger partial charge on any atom is 0.229 e. The molecule has 1 aromatic rings. The summed E-state index contributed by atoms with van der Waals surface area (Å²) in [5.41, 5.74) is 6.01. The molecule has 0 saturated carbocycles. The van der Waals surface area contributed by atoms with E-state index in [-0.39, 0.29) is 29.3 Å². The minimum Gasteiger partial charge on any atom is -0.330 e. The number of nitrogens with two attached hydrogens (primary N) is 1. The summed E-state index contributed by atoms with van der Waals surface area (Å²) in [6.07, 6.45) is 0. The van der Waals surface area contributed by atoms with Gasteiger partial charge in [-0.3, -0.25) is 4.79 Å². The number of nitrogens with one attached hydrogen (secondary N) is 1. The fraction of sp³-hybridized carbons (Fsp3) is 0.417. The van der Waals surface area contributed by atoms with Gasteiger partial charge in [0.2, 0.25) is 5.91 Å². The Kier molecular flexibility index (Phi) is 4.90. The van der Waals surface area contributed by atoms with Crippen LogP contribution in [0.4, 0.5) is 10.1 Å². The summed E-state index contributed by atoms with van der Waals surface area (Å²) < 4.78 is 12.9. The first-order valence-corrected chi connectivity index (χ1v) is 5.79. The largest absolute Gasteiger partial charge is 0.330 e. The van der Waals surface area contributed by atoms with E-state index >= 15 is 0 Å². The minimum absolute atomic E-state index is 0.0170. The first-order valence-electron chi connectivity index (χ1n) is 5.41. The van der Waals surface area contributed by atoms with Crippen molar-refractivity contribution in [3.8, 4) is 0 Å². The summed E-state index contributed by atoms with van der Waals surface area (Å²) in [6.45, 7) is 4.13. The Bertz CT molecular complexity index is 409. The van der Waals surface area contributed by atoms with Gasteiger partial charge < -0.3 is 11.1 Å². The van der Waals surface area contributed by atoms with E-state index in [2.05, 4.69) is 5.32 Å². The number of hydrogen-bond donors (Lipinski definition) is 2. The normalized spacial score (nSPS) is 12.6. The maximum atomic E-state index is 12.9. The Morgan fingerprint density at radius 2 is 2.18 bits per heavy atom. The van der Waals surface area contributed by atoms with Gasteiger partial charge in [0.1, 0.15) is 5.82 Å². The fourth-order valence-corrected chi connectivity index (χ4v) is 1.67. The second-order valence-corrected chi connectivity index (χ2v) is 4.61. The maximum absolute atomic E-state index is 12.9. The lowest BCUT2D eigenvalue weighted by Gasteiger charge is -2.18. The molecule has 0 aliphatic carbocycles. The van der Waals surface area contributed by atoms with Crippen molar-refractivity contribution in [1.29, 1.82) is 0 Å². The van der Waals surface area contributed by atoms with Gasteiger partial charge in [-0.25, -0.2) is 4.39 Å². The molecule has 0 aliphatic rings. The van der Waals surface area contributed by atoms with E-state index in [1.165, 1.54) is 18.2 Å². The monoisotopic (exact) mass is 258 g/mol. The smallest absolute Gasteiger partial charge is 0.229 e. The topological polar surface area (TPSA) is 55.1 Å². The quantitative estimate of drug-likeness (QED) is 0.872. The van der Waals surface area contributed by atoms with Crippen molar-refractivity contribution in [2.75, 3.05) is 11.9 Å². The van der Waals surface area contributed by atoms with E-state index < -0.39 is 5.82 Å². The second kappa shape index (κ2) is 5.98. The summed E-state index contributed by atoms with van der Waals surface area (Å²) in [5.74, 6) is -0.802. The van der Waals surface area contributed by atoms with Crippen LogP contribution in [-0.2, 0) is 4.79 Å². The molecule has 1 amide bonds. The molecule has 0 fully saturated rings. The Morgan fingerprint density at radius 1 is 1.53 bits per heavy atom. The molecule has 0 saturated heterocycles. The van der Waals surface area contributed by atoms with Crippen LogP contribution in [0.25, 0.3) is 0 Å². The Balaban J connectivity index is 2.77. The summed E-state index contributed by atoms with van der Waals surface area (Å²) in [5, 5.41) is 2.66. The standard InChI is InChI=1S/C12H16ClFN2O/c1-7(2)9(6-15)12(17)16-8-3-4-11(14)10(13)5-8/h3-5,7,9H,6,15H2,1-2H3,(H,16,17). The number of benzene rings is 1. The van der Waals surface area contributed by atoms with E-state index in [0.717, 1.165) is 0 Å². The highest BCUT2D eigenvalue weighted by Crippen LogP contribution is 2.20. The van der Waals surface area contributed by atoms with Crippen LogP contribution in [-0.4, -0.2) is 12.5 Å². The fourth-order valence-electron chi connectivity index (χ4n) is 1.49. The zero-order valence-corrected chi connectivity index (χ0v) is 10.6. The van der Waals surface area contributed by atoms with Crippen molar-refractivity contribution in [2.45, 2.75) is 13.8 Å². The SMILES string of the molecule is CC(C)C(CN)C(=O)Nc1ccc(F)c(Cl)c1. The van der Waals surface area contributed by atoms with Gasteiger partial charge in [-0.1, -0.05) is 25.4 Å². The van der Waals surface area contributed by atoms with Crippen molar-refractivity contribution in [3.63, 3.8) is 0 Å². The number of hydrogen-bond acceptors (Lipinski definition) is 2. The van der Waals surface area contributed by atoms with E-state index in [9.17, 15) is 9.18 Å². The van der Waals surface area contributed by atoms with Crippen LogP contribution >= 0.6 is 11.6 Å². The van der Waals surface area contributed by atoms with Gasteiger partial charge in [-0.05, 0) is 24.1 Å². The van der Waals surface area contributed by atoms with E-state index in [1.807, 2.05) is 13.8 Å². The van der Waals surface area contributed by atoms with Crippen molar-refractivity contribution < 1.29 is 9.18 Å². The van der Waals surface area contributed by atoms with Gasteiger partial charge in [-0.2, -0.15) is 0 Å². The van der Waals surface area contributed by atoms with Crippen LogP contribution in [0.15, 0.2) is 18.2 Å². The van der Waals surface area contributed by atoms with Gasteiger partial charge in [0.25, 0.3) is 0 Å². The number of halogens is 2. The number of amides is 1. The van der Waals surface area contributed by atoms with Gasteiger partial charge in [-0.15, -0.1) is 0 Å². The molecular weight excluding hydrogens is 243 g/mol. The van der Waals surface area contributed by atoms with Crippen LogP contribution in [0.1, 0.15) is 13.8 Å². The van der Waals surface area contributed by atoms with Crippen LogP contribution in [0.2, 0.25) is 5.02 Å². The molecule has 1 atom stereocenters. The molecule has 0 aliphatic heterocycles. The van der Waals surface area contributed by atoms with Crippen LogP contribution < -0.4 is 11.1 Å². The number of rotatable bonds is 4. The first kappa shape index (κ1) is 13.9. The Labute approximate surface area is 105 Å². The lowest BCUT2D eigenvalue weighted by molar-refractivity contribution is -0.120. The lowest BCUT2D eigenvalue weighted by atomic mass is 9.95. The third-order valence-corrected chi connectivity index (χ3v) is 2.87. The molecule has 1 unspecified atom stereocenters. The predicted octanol–water partition coefficient (Wildman–Crippen LogP) is 2.65. The molecule has 1 rings (SSSR count). The highest BCUT2D eigenvalue weighted by Gasteiger charge is 2.20. The van der Waals surface area contributed by atoms with E-state index in [0.29, 0.717) is 5.69 Å². The molecule has 0 aromatic heterocycles. The van der Waals surface area contributed by atoms with Crippen molar-refractivity contribution >= 4 is 23.2 Å². The van der Waals surface area contributed by atoms with Crippen molar-refractivity contribution in [3.05, 3.63) is 29.0 Å². The molecular formula is C12H16ClFN2O. The van der Waals surface area contributed by atoms with Gasteiger partial charge in [0.15, 0.2) is 0 Å². The predicted molar refractivity (Wildman–Crippen MR) is 67.4 cm³/mol. The van der Waals surface area contributed by atoms with E-state index in [1.54, 1.807) is 0 Å². The molecule has 5 heteroatoms. The highest BCUT2D eigenvalue weighted by molar-refractivity contribution is 6.31. The summed E-state index contributed by atoms with van der Waals surface area (Å²) in [6, 6.07) is 4.06. The lowest BCUT2D eigenvalue weighted by Crippen LogP contribution is -2.33. The molecule has 0 radical (unpaired) electrons. The van der Waals surface area contributed by atoms with Gasteiger partial charge in [0, 0.05) is 12.2 Å². The van der Waals surface area contributed by atoms with Gasteiger partial charge in [0.05, 0.1) is 10.9 Å². The van der Waals surface area contributed by atoms with Crippen LogP contribution in [0.5, 0.6) is 0 Å². The number of carbonyl (C=O) groups is 1. The van der Waals surface area contributed by atoms with Crippen LogP contribution in [0.3, 0.4) is 0 Å². The third kappa shape index (κ3) is 3.68. The molecule has 1 aromatic carbocycles. The third-order valence-electron chi connectivity index (χ3n) is 2.58. The molecule has 0 spiro atoms. The van der Waals surface area contributed by atoms with Gasteiger partial charge >= 0.3 is 0 Å². The molecule has 17 heavy (non-hydrogen) atoms. The molecule has 0 bridgehead atoms. The molecule has 0 heterocycles. The Morgan fingerprint density at radius 3 is 2.65 bits per heavy atom. The minimum atomic E-state index is -0.510. The molecule has 3 nitrogen and oxygen atoms in total. The average molecular weight is 259 g/mol. The number of anilines is 1. The van der Waals surface area contributed by atoms with Crippen LogP contribution in [0, 0.1) is 17.7 Å². The zero-order chi connectivity index (χ0) is 13.0. The molecule has 94 valence electrons. The number of carbonyl (C=O) groups excluding carboxylic acids is 1. The Hall–Kier alpha value is -1.13. The summed E-state index contributed by atoms with van der Waals surface area (Å²) in [4.78, 5) is 11.9. The van der Waals surface area contributed by atoms with Crippen molar-refractivity contribution in [1.82, 2.24) is 0 Å². The van der Waals surface area contributed by atoms with Crippen molar-refractivity contribution in [2.24, 2.45) is 17.6 Å². The van der Waals surface area contributed by atoms with E-state index in [4.69, 9.17) is 17.3 Å². The first-order chi connectivity index (χ1) is 7.95. The highest BCUT2D eigenvalue weighted by atomic mass is 35.5. The summed E-state index contributed by atoms with van der Waals surface area (Å²) in [7, 11) is 0. The second-order valence-electron chi connectivity index (χ2n) is 4.20. The summed E-state index contributed by atoms with van der Waals surface area (Å²) >= 11 is 5.62. The zero-order valence-electron chi connectivity index (χ0n) is 9.84. The molecule has 3 N–H and O–H groups in total.